The molecule has 0 aromatic rings. The first kappa shape index (κ1) is 21.9. The number of allylic oxidation sites excluding steroid dienone is 1. The van der Waals surface area contributed by atoms with Crippen molar-refractivity contribution in [3.63, 3.8) is 0 Å². The monoisotopic (exact) mass is 402 g/mol. The predicted molar refractivity (Wildman–Crippen MR) is 120 cm³/mol. The van der Waals surface area contributed by atoms with Crippen LogP contribution < -0.4 is 0 Å². The maximum Gasteiger partial charge on any atom is 0.0579 e. The van der Waals surface area contributed by atoms with Crippen LogP contribution >= 0.6 is 0 Å². The molecule has 2 N–H and O–H groups in total. The molecule has 0 bridgehead atoms. The van der Waals surface area contributed by atoms with E-state index >= 15 is 0 Å². The third-order valence-corrected chi connectivity index (χ3v) is 10.2. The summed E-state index contributed by atoms with van der Waals surface area (Å²) in [6.45, 7) is 12.1. The van der Waals surface area contributed by atoms with E-state index in [0.717, 1.165) is 43.4 Å². The number of hydrogen-bond acceptors (Lipinski definition) is 2. The van der Waals surface area contributed by atoms with Crippen LogP contribution in [0.4, 0.5) is 0 Å². The molecular formula is C27H46O2. The van der Waals surface area contributed by atoms with E-state index in [1.54, 1.807) is 5.57 Å². The van der Waals surface area contributed by atoms with Gasteiger partial charge in [-0.05, 0) is 91.3 Å². The molecule has 4 rings (SSSR count). The molecule has 2 heteroatoms. The standard InChI is InChI=1S/C27H46O2/c1-17(2)7-6-8-18(3)25-24(29)16-23-21-10-9-19-15-20(28)11-13-26(19,4)22(21)12-14-27(23,25)5/h9,17-18,20-25,28-29H,6-8,10-16H2,1-5H3. The van der Waals surface area contributed by atoms with E-state index in [2.05, 4.69) is 40.7 Å². The van der Waals surface area contributed by atoms with Crippen molar-refractivity contribution in [2.45, 2.75) is 111 Å². The summed E-state index contributed by atoms with van der Waals surface area (Å²) in [5.41, 5.74) is 2.17. The van der Waals surface area contributed by atoms with E-state index in [0.29, 0.717) is 28.6 Å². The van der Waals surface area contributed by atoms with Crippen LogP contribution in [0.25, 0.3) is 0 Å². The van der Waals surface area contributed by atoms with Gasteiger partial charge in [-0.2, -0.15) is 0 Å². The highest BCUT2D eigenvalue weighted by atomic mass is 16.3. The third-order valence-electron chi connectivity index (χ3n) is 10.2. The SMILES string of the molecule is CC(C)CCCC(C)C1C(O)CC2C3CC=C4CC(O)CCC4(C)C3CCC21C. The average molecular weight is 403 g/mol. The molecule has 29 heavy (non-hydrogen) atoms. The van der Waals surface area contributed by atoms with Gasteiger partial charge in [0.2, 0.25) is 0 Å². The molecular weight excluding hydrogens is 356 g/mol. The van der Waals surface area contributed by atoms with Crippen LogP contribution in [0.2, 0.25) is 0 Å². The highest BCUT2D eigenvalue weighted by molar-refractivity contribution is 5.25. The van der Waals surface area contributed by atoms with Gasteiger partial charge in [0.05, 0.1) is 12.2 Å². The highest BCUT2D eigenvalue weighted by Gasteiger charge is 2.61. The van der Waals surface area contributed by atoms with Crippen molar-refractivity contribution in [2.75, 3.05) is 0 Å². The summed E-state index contributed by atoms with van der Waals surface area (Å²) in [4.78, 5) is 0. The fraction of sp³-hybridized carbons (Fsp3) is 0.926. The van der Waals surface area contributed by atoms with Gasteiger partial charge in [0, 0.05) is 0 Å². The molecule has 0 aromatic heterocycles. The Balaban J connectivity index is 1.53. The van der Waals surface area contributed by atoms with Crippen molar-refractivity contribution in [3.05, 3.63) is 11.6 Å². The van der Waals surface area contributed by atoms with Crippen LogP contribution in [0.15, 0.2) is 11.6 Å². The van der Waals surface area contributed by atoms with Crippen molar-refractivity contribution < 1.29 is 10.2 Å². The second-order valence-electron chi connectivity index (χ2n) is 12.3. The molecule has 0 aliphatic heterocycles. The van der Waals surface area contributed by atoms with E-state index in [1.807, 2.05) is 0 Å². The summed E-state index contributed by atoms with van der Waals surface area (Å²) in [6.07, 6.45) is 14.0. The first-order valence-electron chi connectivity index (χ1n) is 12.7. The Kier molecular flexibility index (Phi) is 6.01. The topological polar surface area (TPSA) is 40.5 Å². The van der Waals surface area contributed by atoms with Crippen LogP contribution in [0.5, 0.6) is 0 Å². The molecule has 4 aliphatic carbocycles. The lowest BCUT2D eigenvalue weighted by Gasteiger charge is -2.58. The van der Waals surface area contributed by atoms with Crippen LogP contribution in [-0.2, 0) is 0 Å². The zero-order chi connectivity index (χ0) is 21.0. The Hall–Kier alpha value is -0.340. The molecule has 2 nitrogen and oxygen atoms in total. The fourth-order valence-corrected chi connectivity index (χ4v) is 8.75. The first-order valence-corrected chi connectivity index (χ1v) is 12.7. The Morgan fingerprint density at radius 2 is 1.79 bits per heavy atom. The zero-order valence-electron chi connectivity index (χ0n) is 19.7. The molecule has 9 atom stereocenters. The Morgan fingerprint density at radius 1 is 1.03 bits per heavy atom. The lowest BCUT2D eigenvalue weighted by Crippen LogP contribution is -2.51. The summed E-state index contributed by atoms with van der Waals surface area (Å²) in [6, 6.07) is 0. The molecule has 0 heterocycles. The van der Waals surface area contributed by atoms with E-state index in [1.165, 1.54) is 38.5 Å². The van der Waals surface area contributed by atoms with Crippen molar-refractivity contribution in [1.82, 2.24) is 0 Å². The van der Waals surface area contributed by atoms with Gasteiger partial charge in [0.1, 0.15) is 0 Å². The second-order valence-corrected chi connectivity index (χ2v) is 12.3. The molecule has 0 radical (unpaired) electrons. The minimum absolute atomic E-state index is 0.107. The van der Waals surface area contributed by atoms with Crippen molar-refractivity contribution >= 4 is 0 Å². The number of hydrogen-bond donors (Lipinski definition) is 2. The molecule has 9 unspecified atom stereocenters. The number of rotatable bonds is 5. The van der Waals surface area contributed by atoms with Crippen LogP contribution in [0, 0.1) is 46.3 Å². The van der Waals surface area contributed by atoms with Gasteiger partial charge >= 0.3 is 0 Å². The van der Waals surface area contributed by atoms with Crippen molar-refractivity contribution in [3.8, 4) is 0 Å². The molecule has 3 fully saturated rings. The van der Waals surface area contributed by atoms with Crippen LogP contribution in [0.1, 0.15) is 98.8 Å². The summed E-state index contributed by atoms with van der Waals surface area (Å²) >= 11 is 0. The van der Waals surface area contributed by atoms with Gasteiger partial charge in [-0.25, -0.2) is 0 Å². The van der Waals surface area contributed by atoms with Crippen LogP contribution in [0.3, 0.4) is 0 Å². The van der Waals surface area contributed by atoms with E-state index in [4.69, 9.17) is 0 Å². The molecule has 0 saturated heterocycles. The Bertz CT molecular complexity index is 624. The van der Waals surface area contributed by atoms with E-state index in [-0.39, 0.29) is 12.2 Å². The summed E-state index contributed by atoms with van der Waals surface area (Å²) < 4.78 is 0. The van der Waals surface area contributed by atoms with Crippen molar-refractivity contribution in [1.29, 1.82) is 0 Å². The summed E-state index contributed by atoms with van der Waals surface area (Å²) in [5.74, 6) is 4.07. The van der Waals surface area contributed by atoms with E-state index in [9.17, 15) is 10.2 Å². The minimum atomic E-state index is -0.121. The fourth-order valence-electron chi connectivity index (χ4n) is 8.75. The highest BCUT2D eigenvalue weighted by Crippen LogP contribution is 2.67. The molecule has 4 aliphatic rings. The third kappa shape index (κ3) is 3.65. The molecule has 166 valence electrons. The van der Waals surface area contributed by atoms with Gasteiger partial charge in [-0.1, -0.05) is 65.5 Å². The molecule has 3 saturated carbocycles. The zero-order valence-corrected chi connectivity index (χ0v) is 19.7. The summed E-state index contributed by atoms with van der Waals surface area (Å²) in [7, 11) is 0. The smallest absolute Gasteiger partial charge is 0.0579 e. The largest absolute Gasteiger partial charge is 0.393 e. The summed E-state index contributed by atoms with van der Waals surface area (Å²) in [5, 5.41) is 21.4. The van der Waals surface area contributed by atoms with Gasteiger partial charge in [0.15, 0.2) is 0 Å². The Morgan fingerprint density at radius 3 is 2.52 bits per heavy atom. The maximum atomic E-state index is 11.2. The minimum Gasteiger partial charge on any atom is -0.393 e. The maximum absolute atomic E-state index is 11.2. The Labute approximate surface area is 179 Å². The molecule has 0 amide bonds. The number of aliphatic hydroxyl groups is 2. The van der Waals surface area contributed by atoms with Crippen LogP contribution in [-0.4, -0.2) is 22.4 Å². The van der Waals surface area contributed by atoms with Gasteiger partial charge in [-0.3, -0.25) is 0 Å². The van der Waals surface area contributed by atoms with E-state index < -0.39 is 0 Å². The lowest BCUT2D eigenvalue weighted by atomic mass is 9.47. The van der Waals surface area contributed by atoms with Crippen molar-refractivity contribution in [2.24, 2.45) is 46.3 Å². The van der Waals surface area contributed by atoms with Gasteiger partial charge in [-0.15, -0.1) is 0 Å². The number of fused-ring (bicyclic) bond motifs is 5. The second kappa shape index (κ2) is 7.97. The average Bonchev–Trinajstić information content (AvgIpc) is 2.92. The van der Waals surface area contributed by atoms with Gasteiger partial charge < -0.3 is 10.2 Å². The normalized spacial score (nSPS) is 47.9. The number of aliphatic hydroxyl groups excluding tert-OH is 2. The van der Waals surface area contributed by atoms with Gasteiger partial charge in [0.25, 0.3) is 0 Å². The molecule has 0 aromatic carbocycles. The molecule has 0 spiro atoms. The lowest BCUT2D eigenvalue weighted by molar-refractivity contribution is -0.0620. The first-order chi connectivity index (χ1) is 13.7. The quantitative estimate of drug-likeness (QED) is 0.525. The predicted octanol–water partition coefficient (Wildman–Crippen LogP) is 6.36.